The third-order valence-electron chi connectivity index (χ3n) is 5.44. The van der Waals surface area contributed by atoms with E-state index in [1.165, 1.54) is 17.3 Å². The molecule has 2 N–H and O–H groups in total. The number of hydroxylamine groups is 1. The predicted molar refractivity (Wildman–Crippen MR) is 123 cm³/mol. The molecule has 0 unspecified atom stereocenters. The second kappa shape index (κ2) is 9.75. The van der Waals surface area contributed by atoms with Crippen molar-refractivity contribution in [3.8, 4) is 0 Å². The summed E-state index contributed by atoms with van der Waals surface area (Å²) in [5.41, 5.74) is 5.48. The molecule has 0 saturated carbocycles. The zero-order valence-electron chi connectivity index (χ0n) is 19.6. The quantitative estimate of drug-likeness (QED) is 0.371. The molecule has 0 aromatic heterocycles. The smallest absolute Gasteiger partial charge is 0.267 e. The van der Waals surface area contributed by atoms with E-state index >= 15 is 0 Å². The van der Waals surface area contributed by atoms with E-state index in [1.54, 1.807) is 11.6 Å². The van der Waals surface area contributed by atoms with Crippen molar-refractivity contribution >= 4 is 11.7 Å². The molecule has 2 rings (SSSR count). The van der Waals surface area contributed by atoms with Crippen LogP contribution in [0.2, 0.25) is 0 Å². The second-order valence-electron chi connectivity index (χ2n) is 10.2. The molecule has 0 aromatic carbocycles. The van der Waals surface area contributed by atoms with E-state index in [-0.39, 0.29) is 5.41 Å². The van der Waals surface area contributed by atoms with Crippen LogP contribution in [0.3, 0.4) is 0 Å². The molecule has 6 heteroatoms. The van der Waals surface area contributed by atoms with E-state index < -0.39 is 5.91 Å². The molecule has 0 bridgehead atoms. The summed E-state index contributed by atoms with van der Waals surface area (Å²) in [6.45, 7) is 19.5. The van der Waals surface area contributed by atoms with Crippen molar-refractivity contribution in [3.05, 3.63) is 47.3 Å². The third kappa shape index (κ3) is 6.67. The highest BCUT2D eigenvalue weighted by atomic mass is 16.5. The summed E-state index contributed by atoms with van der Waals surface area (Å²) < 4.78 is 0. The van der Waals surface area contributed by atoms with Gasteiger partial charge in [0.25, 0.3) is 5.91 Å². The number of amides is 1. The molecule has 6 nitrogen and oxygen atoms in total. The predicted octanol–water partition coefficient (Wildman–Crippen LogP) is 4.27. The SMILES string of the molecule is CCN(CCC(C)(C)C)CC1=C(C(C)(C)C)CN=C2C=C(/C=C/C(=O)NO)C=CN21. The maximum atomic E-state index is 11.3. The van der Waals surface area contributed by atoms with Gasteiger partial charge >= 0.3 is 0 Å². The molecular weight excluding hydrogens is 376 g/mol. The summed E-state index contributed by atoms with van der Waals surface area (Å²) in [5, 5.41) is 8.66. The summed E-state index contributed by atoms with van der Waals surface area (Å²) in [7, 11) is 0. The summed E-state index contributed by atoms with van der Waals surface area (Å²) >= 11 is 0. The molecule has 2 aliphatic heterocycles. The topological polar surface area (TPSA) is 68.2 Å². The van der Waals surface area contributed by atoms with Gasteiger partial charge in [0.1, 0.15) is 5.84 Å². The van der Waals surface area contributed by atoms with Gasteiger partial charge in [-0.2, -0.15) is 0 Å². The van der Waals surface area contributed by atoms with Crippen molar-refractivity contribution in [2.75, 3.05) is 26.2 Å². The fourth-order valence-electron chi connectivity index (χ4n) is 3.46. The lowest BCUT2D eigenvalue weighted by molar-refractivity contribution is -0.124. The first-order valence-electron chi connectivity index (χ1n) is 10.7. The number of carbonyl (C=O) groups is 1. The number of carbonyl (C=O) groups excluding carboxylic acids is 1. The fraction of sp³-hybridized carbons (Fsp3) is 0.583. The Morgan fingerprint density at radius 2 is 2.00 bits per heavy atom. The average Bonchev–Trinajstić information content (AvgIpc) is 2.67. The van der Waals surface area contributed by atoms with E-state index in [0.717, 1.165) is 37.5 Å². The minimum atomic E-state index is -0.551. The third-order valence-corrected chi connectivity index (χ3v) is 5.44. The van der Waals surface area contributed by atoms with Crippen LogP contribution < -0.4 is 5.48 Å². The number of amidine groups is 1. The average molecular weight is 415 g/mol. The molecule has 0 fully saturated rings. The van der Waals surface area contributed by atoms with Crippen LogP contribution >= 0.6 is 0 Å². The highest BCUT2D eigenvalue weighted by Gasteiger charge is 2.30. The molecule has 0 saturated heterocycles. The molecule has 2 aliphatic rings. The Kier molecular flexibility index (Phi) is 7.83. The van der Waals surface area contributed by atoms with Gasteiger partial charge in [-0.3, -0.25) is 19.9 Å². The van der Waals surface area contributed by atoms with Gasteiger partial charge < -0.3 is 4.90 Å². The molecule has 166 valence electrons. The van der Waals surface area contributed by atoms with Crippen molar-refractivity contribution in [1.82, 2.24) is 15.3 Å². The van der Waals surface area contributed by atoms with Gasteiger partial charge in [0.2, 0.25) is 0 Å². The zero-order valence-corrected chi connectivity index (χ0v) is 19.6. The lowest BCUT2D eigenvalue weighted by Crippen LogP contribution is -2.40. The largest absolute Gasteiger partial charge is 0.305 e. The molecule has 0 spiro atoms. The van der Waals surface area contributed by atoms with Crippen LogP contribution in [0.25, 0.3) is 0 Å². The fourth-order valence-corrected chi connectivity index (χ4v) is 3.46. The Morgan fingerprint density at radius 3 is 2.57 bits per heavy atom. The molecule has 2 heterocycles. The molecule has 0 atom stereocenters. The van der Waals surface area contributed by atoms with Gasteiger partial charge in [0.05, 0.1) is 6.54 Å². The highest BCUT2D eigenvalue weighted by molar-refractivity contribution is 5.99. The number of nitrogens with one attached hydrogen (secondary N) is 1. The number of hydrogen-bond donors (Lipinski definition) is 2. The van der Waals surface area contributed by atoms with Crippen molar-refractivity contribution in [3.63, 3.8) is 0 Å². The molecule has 1 amide bonds. The van der Waals surface area contributed by atoms with Gasteiger partial charge in [0.15, 0.2) is 0 Å². The minimum Gasteiger partial charge on any atom is -0.305 e. The number of likely N-dealkylation sites (N-methyl/N-ethyl adjacent to an activating group) is 1. The monoisotopic (exact) mass is 414 g/mol. The molecule has 0 radical (unpaired) electrons. The van der Waals surface area contributed by atoms with Crippen LogP contribution in [-0.2, 0) is 4.79 Å². The standard InChI is InChI=1S/C24H38N4O2/c1-8-27(14-12-23(2,3)4)17-20-19(24(5,6)7)16-25-21-15-18(11-13-28(20)21)9-10-22(29)26-30/h9-11,13,15,30H,8,12,14,16-17H2,1-7H3,(H,26,29)/b10-9+. The van der Waals surface area contributed by atoms with E-state index in [1.807, 2.05) is 18.4 Å². The van der Waals surface area contributed by atoms with Crippen LogP contribution in [-0.4, -0.2) is 52.9 Å². The van der Waals surface area contributed by atoms with Crippen molar-refractivity contribution in [2.24, 2.45) is 15.8 Å². The molecule has 0 aliphatic carbocycles. The van der Waals surface area contributed by atoms with Crippen LogP contribution in [0.5, 0.6) is 0 Å². The first-order valence-corrected chi connectivity index (χ1v) is 10.7. The molecule has 30 heavy (non-hydrogen) atoms. The van der Waals surface area contributed by atoms with E-state index in [0.29, 0.717) is 12.0 Å². The summed E-state index contributed by atoms with van der Waals surface area (Å²) in [6, 6.07) is 0. The molecule has 0 aromatic rings. The van der Waals surface area contributed by atoms with Gasteiger partial charge in [-0.05, 0) is 59.7 Å². The number of aliphatic imine (C=N–C) groups is 1. The lowest BCUT2D eigenvalue weighted by atomic mass is 9.83. The second-order valence-corrected chi connectivity index (χ2v) is 10.2. The van der Waals surface area contributed by atoms with Crippen LogP contribution in [0.15, 0.2) is 52.3 Å². The van der Waals surface area contributed by atoms with Gasteiger partial charge in [-0.25, -0.2) is 5.48 Å². The van der Waals surface area contributed by atoms with Crippen LogP contribution in [0, 0.1) is 10.8 Å². The Morgan fingerprint density at radius 1 is 1.30 bits per heavy atom. The van der Waals surface area contributed by atoms with Gasteiger partial charge in [-0.1, -0.05) is 48.5 Å². The number of rotatable bonds is 7. The van der Waals surface area contributed by atoms with Crippen LogP contribution in [0.1, 0.15) is 54.9 Å². The van der Waals surface area contributed by atoms with E-state index in [2.05, 4.69) is 58.3 Å². The Bertz CT molecular complexity index is 789. The Hall–Kier alpha value is -2.18. The summed E-state index contributed by atoms with van der Waals surface area (Å²) in [6.07, 6.45) is 10.1. The number of nitrogens with zero attached hydrogens (tertiary/aromatic N) is 3. The maximum Gasteiger partial charge on any atom is 0.267 e. The highest BCUT2D eigenvalue weighted by Crippen LogP contribution is 2.34. The van der Waals surface area contributed by atoms with Crippen molar-refractivity contribution in [2.45, 2.75) is 54.9 Å². The van der Waals surface area contributed by atoms with Gasteiger partial charge in [-0.15, -0.1) is 0 Å². The normalized spacial score (nSPS) is 17.4. The number of fused-ring (bicyclic) bond motifs is 1. The number of hydrogen-bond acceptors (Lipinski definition) is 5. The zero-order chi connectivity index (χ0) is 22.5. The lowest BCUT2D eigenvalue weighted by Gasteiger charge is -2.39. The minimum absolute atomic E-state index is 0.0325. The molecular formula is C24H38N4O2. The van der Waals surface area contributed by atoms with Crippen molar-refractivity contribution < 1.29 is 10.0 Å². The van der Waals surface area contributed by atoms with Crippen molar-refractivity contribution in [1.29, 1.82) is 0 Å². The first kappa shape index (κ1) is 24.1. The first-order chi connectivity index (χ1) is 13.9. The van der Waals surface area contributed by atoms with E-state index in [4.69, 9.17) is 10.2 Å². The maximum absolute atomic E-state index is 11.3. The Balaban J connectivity index is 2.28. The van der Waals surface area contributed by atoms with Gasteiger partial charge in [0, 0.05) is 24.5 Å². The Labute approximate surface area is 181 Å². The summed E-state index contributed by atoms with van der Waals surface area (Å²) in [4.78, 5) is 20.8. The summed E-state index contributed by atoms with van der Waals surface area (Å²) in [5.74, 6) is 0.335. The van der Waals surface area contributed by atoms with Crippen LogP contribution in [0.4, 0.5) is 0 Å². The van der Waals surface area contributed by atoms with E-state index in [9.17, 15) is 4.79 Å². The number of allylic oxidation sites excluding steroid dienone is 3.